The number of aromatic nitrogens is 1. The maximum absolute atomic E-state index is 13.2. The van der Waals surface area contributed by atoms with Crippen LogP contribution in [0.25, 0.3) is 0 Å². The van der Waals surface area contributed by atoms with Crippen LogP contribution in [0.1, 0.15) is 22.8 Å². The summed E-state index contributed by atoms with van der Waals surface area (Å²) in [6.45, 7) is 1.77. The lowest BCUT2D eigenvalue weighted by Gasteiger charge is -2.24. The minimum Gasteiger partial charge on any atom is -0.467 e. The van der Waals surface area contributed by atoms with Gasteiger partial charge in [0.05, 0.1) is 37.5 Å². The van der Waals surface area contributed by atoms with Gasteiger partial charge in [-0.3, -0.25) is 14.6 Å². The number of carbonyl (C=O) groups is 2. The van der Waals surface area contributed by atoms with Gasteiger partial charge in [-0.2, -0.15) is 0 Å². The van der Waals surface area contributed by atoms with E-state index in [9.17, 15) is 9.59 Å². The Morgan fingerprint density at radius 2 is 2.14 bits per heavy atom. The third-order valence-corrected chi connectivity index (χ3v) is 5.67. The van der Waals surface area contributed by atoms with Crippen LogP contribution in [0.4, 0.5) is 0 Å². The number of furan rings is 1. The van der Waals surface area contributed by atoms with Crippen LogP contribution in [-0.4, -0.2) is 33.1 Å². The quantitative estimate of drug-likeness (QED) is 0.616. The highest BCUT2D eigenvalue weighted by Crippen LogP contribution is 2.24. The maximum atomic E-state index is 13.2. The largest absolute Gasteiger partial charge is 0.467 e. The van der Waals surface area contributed by atoms with Crippen molar-refractivity contribution in [1.29, 1.82) is 0 Å². The second-order valence-electron chi connectivity index (χ2n) is 6.85. The Kier molecular flexibility index (Phi) is 5.53. The van der Waals surface area contributed by atoms with E-state index in [-0.39, 0.29) is 24.2 Å². The lowest BCUT2D eigenvalue weighted by molar-refractivity contribution is -0.137. The summed E-state index contributed by atoms with van der Waals surface area (Å²) in [4.78, 5) is 34.6. The van der Waals surface area contributed by atoms with E-state index in [4.69, 9.17) is 4.42 Å². The predicted molar refractivity (Wildman–Crippen MR) is 105 cm³/mol. The molecule has 3 aromatic rings. The van der Waals surface area contributed by atoms with Crippen LogP contribution in [0, 0.1) is 5.92 Å². The number of hydrogen-bond donors (Lipinski definition) is 0. The minimum atomic E-state index is -0.342. The molecule has 3 aromatic heterocycles. The van der Waals surface area contributed by atoms with E-state index in [2.05, 4.69) is 4.98 Å². The van der Waals surface area contributed by atoms with Crippen molar-refractivity contribution in [3.05, 3.63) is 76.6 Å². The molecule has 144 valence electrons. The van der Waals surface area contributed by atoms with Gasteiger partial charge in [0.1, 0.15) is 5.76 Å². The molecule has 0 spiro atoms. The van der Waals surface area contributed by atoms with Crippen LogP contribution in [0.15, 0.2) is 64.7 Å². The fourth-order valence-corrected chi connectivity index (χ4v) is 4.15. The number of rotatable bonds is 7. The molecule has 1 saturated heterocycles. The summed E-state index contributed by atoms with van der Waals surface area (Å²) in [6, 6.07) is 13.3. The molecule has 6 nitrogen and oxygen atoms in total. The molecule has 4 heterocycles. The van der Waals surface area contributed by atoms with Gasteiger partial charge in [-0.25, -0.2) is 0 Å². The zero-order valence-electron chi connectivity index (χ0n) is 15.4. The first-order valence-corrected chi connectivity index (χ1v) is 10.1. The number of carbonyl (C=O) groups excluding carboxylic acids is 2. The molecule has 0 aliphatic carbocycles. The van der Waals surface area contributed by atoms with Gasteiger partial charge in [-0.1, -0.05) is 12.1 Å². The fraction of sp³-hybridized carbons (Fsp3) is 0.286. The molecule has 0 saturated carbocycles. The van der Waals surface area contributed by atoms with Gasteiger partial charge in [-0.05, 0) is 35.7 Å². The first-order chi connectivity index (χ1) is 13.7. The normalized spacial score (nSPS) is 16.5. The monoisotopic (exact) mass is 395 g/mol. The average molecular weight is 395 g/mol. The van der Waals surface area contributed by atoms with Crippen molar-refractivity contribution in [3.8, 4) is 0 Å². The number of likely N-dealkylation sites (tertiary alicyclic amines) is 1. The third-order valence-electron chi connectivity index (χ3n) is 4.81. The highest BCUT2D eigenvalue weighted by atomic mass is 32.1. The Labute approximate surface area is 167 Å². The van der Waals surface area contributed by atoms with Crippen molar-refractivity contribution < 1.29 is 14.0 Å². The molecule has 1 unspecified atom stereocenters. The number of thiophene rings is 1. The van der Waals surface area contributed by atoms with Crippen molar-refractivity contribution in [2.75, 3.05) is 6.54 Å². The van der Waals surface area contributed by atoms with Crippen molar-refractivity contribution in [2.24, 2.45) is 5.92 Å². The summed E-state index contributed by atoms with van der Waals surface area (Å²) >= 11 is 1.62. The summed E-state index contributed by atoms with van der Waals surface area (Å²) < 4.78 is 5.44. The van der Waals surface area contributed by atoms with E-state index in [0.29, 0.717) is 26.2 Å². The molecule has 4 rings (SSSR count). The van der Waals surface area contributed by atoms with Gasteiger partial charge >= 0.3 is 0 Å². The molecule has 0 aromatic carbocycles. The molecule has 0 N–H and O–H groups in total. The predicted octanol–water partition coefficient (Wildman–Crippen LogP) is 3.31. The topological polar surface area (TPSA) is 66.7 Å². The van der Waals surface area contributed by atoms with Gasteiger partial charge in [0, 0.05) is 24.0 Å². The van der Waals surface area contributed by atoms with Gasteiger partial charge in [0.25, 0.3) is 0 Å². The summed E-state index contributed by atoms with van der Waals surface area (Å²) in [7, 11) is 0. The van der Waals surface area contributed by atoms with Crippen LogP contribution in [0.3, 0.4) is 0 Å². The standard InChI is InChI=1S/C21H21N3O3S/c25-20-11-16(12-23(20)13-17-5-1-2-8-22-17)21(26)24(14-18-6-3-9-27-18)15-19-7-4-10-28-19/h1-10,16H,11-15H2. The molecule has 28 heavy (non-hydrogen) atoms. The number of hydrogen-bond acceptors (Lipinski definition) is 5. The lowest BCUT2D eigenvalue weighted by Crippen LogP contribution is -2.36. The van der Waals surface area contributed by atoms with Crippen molar-refractivity contribution in [3.63, 3.8) is 0 Å². The second kappa shape index (κ2) is 8.39. The average Bonchev–Trinajstić information content (AvgIpc) is 3.46. The Hall–Kier alpha value is -2.93. The van der Waals surface area contributed by atoms with E-state index >= 15 is 0 Å². The summed E-state index contributed by atoms with van der Waals surface area (Å²) in [6.07, 6.45) is 3.56. The highest BCUT2D eigenvalue weighted by Gasteiger charge is 2.36. The molecule has 0 radical (unpaired) electrons. The van der Waals surface area contributed by atoms with Gasteiger partial charge < -0.3 is 14.2 Å². The van der Waals surface area contributed by atoms with Crippen LogP contribution in [0.2, 0.25) is 0 Å². The fourth-order valence-electron chi connectivity index (χ4n) is 3.43. The van der Waals surface area contributed by atoms with Crippen LogP contribution >= 0.6 is 11.3 Å². The van der Waals surface area contributed by atoms with Crippen LogP contribution < -0.4 is 0 Å². The first kappa shape index (κ1) is 18.4. The first-order valence-electron chi connectivity index (χ1n) is 9.20. The minimum absolute atomic E-state index is 0.00178. The molecule has 1 fully saturated rings. The maximum Gasteiger partial charge on any atom is 0.228 e. The van der Waals surface area contributed by atoms with Crippen molar-refractivity contribution >= 4 is 23.2 Å². The zero-order chi connectivity index (χ0) is 19.3. The Bertz CT molecular complexity index is 874. The SMILES string of the molecule is O=C1CC(C(=O)N(Cc2ccco2)Cc2cccs2)CN1Cc1ccccn1. The molecule has 2 amide bonds. The van der Waals surface area contributed by atoms with E-state index in [0.717, 1.165) is 16.3 Å². The number of pyridine rings is 1. The smallest absolute Gasteiger partial charge is 0.228 e. The van der Waals surface area contributed by atoms with E-state index in [1.165, 1.54) is 0 Å². The molecular formula is C21H21N3O3S. The molecule has 7 heteroatoms. The van der Waals surface area contributed by atoms with Gasteiger partial charge in [0.15, 0.2) is 0 Å². The summed E-state index contributed by atoms with van der Waals surface area (Å²) in [5, 5.41) is 2.00. The molecule has 0 bridgehead atoms. The molecule has 1 aliphatic heterocycles. The van der Waals surface area contributed by atoms with Crippen LogP contribution in [-0.2, 0) is 29.2 Å². The molecule has 1 atom stereocenters. The zero-order valence-corrected chi connectivity index (χ0v) is 16.2. The van der Waals surface area contributed by atoms with Crippen LogP contribution in [0.5, 0.6) is 0 Å². The Morgan fingerprint density at radius 3 is 2.86 bits per heavy atom. The van der Waals surface area contributed by atoms with Gasteiger partial charge in [0.2, 0.25) is 11.8 Å². The Balaban J connectivity index is 1.46. The molecule has 1 aliphatic rings. The Morgan fingerprint density at radius 1 is 1.21 bits per heavy atom. The third kappa shape index (κ3) is 4.31. The van der Waals surface area contributed by atoms with Crippen molar-refractivity contribution in [1.82, 2.24) is 14.8 Å². The second-order valence-corrected chi connectivity index (χ2v) is 7.88. The number of nitrogens with zero attached hydrogens (tertiary/aromatic N) is 3. The van der Waals surface area contributed by atoms with E-state index < -0.39 is 0 Å². The van der Waals surface area contributed by atoms with Gasteiger partial charge in [-0.15, -0.1) is 11.3 Å². The number of amides is 2. The summed E-state index contributed by atoms with van der Waals surface area (Å²) in [5.41, 5.74) is 0.829. The lowest BCUT2D eigenvalue weighted by atomic mass is 10.1. The van der Waals surface area contributed by atoms with Crippen molar-refractivity contribution in [2.45, 2.75) is 26.1 Å². The highest BCUT2D eigenvalue weighted by molar-refractivity contribution is 7.09. The van der Waals surface area contributed by atoms with E-state index in [1.54, 1.807) is 33.6 Å². The molecular weight excluding hydrogens is 374 g/mol. The summed E-state index contributed by atoms with van der Waals surface area (Å²) in [5.74, 6) is 0.380. The van der Waals surface area contributed by atoms with E-state index in [1.807, 2.05) is 47.8 Å².